The first-order chi connectivity index (χ1) is 12.6. The van der Waals surface area contributed by atoms with Crippen molar-refractivity contribution in [2.45, 2.75) is 18.9 Å². The van der Waals surface area contributed by atoms with Crippen LogP contribution in [0.4, 0.5) is 0 Å². The predicted octanol–water partition coefficient (Wildman–Crippen LogP) is 5.02. The molecule has 7 heteroatoms. The van der Waals surface area contributed by atoms with E-state index in [1.807, 2.05) is 30.3 Å². The molecule has 2 heterocycles. The van der Waals surface area contributed by atoms with Crippen molar-refractivity contribution in [2.75, 3.05) is 6.54 Å². The van der Waals surface area contributed by atoms with Gasteiger partial charge in [-0.25, -0.2) is 0 Å². The smallest absolute Gasteiger partial charge is 0.256 e. The van der Waals surface area contributed by atoms with Crippen LogP contribution in [-0.4, -0.2) is 27.5 Å². The molecule has 1 fully saturated rings. The minimum Gasteiger partial charge on any atom is -0.337 e. The average Bonchev–Trinajstić information content (AvgIpc) is 3.31. The van der Waals surface area contributed by atoms with E-state index in [-0.39, 0.29) is 11.9 Å². The van der Waals surface area contributed by atoms with E-state index in [1.54, 1.807) is 23.1 Å². The Balaban J connectivity index is 1.61. The van der Waals surface area contributed by atoms with E-state index >= 15 is 0 Å². The minimum atomic E-state index is -0.251. The van der Waals surface area contributed by atoms with Gasteiger partial charge in [0.15, 0.2) is 0 Å². The first-order valence-corrected chi connectivity index (χ1v) is 9.04. The molecule has 1 atom stereocenters. The Morgan fingerprint density at radius 1 is 1.15 bits per heavy atom. The maximum absolute atomic E-state index is 12.9. The van der Waals surface area contributed by atoms with Gasteiger partial charge in [0.05, 0.1) is 10.6 Å². The largest absolute Gasteiger partial charge is 0.337 e. The molecule has 26 heavy (non-hydrogen) atoms. The number of nitrogens with zero attached hydrogens (tertiary/aromatic N) is 3. The van der Waals surface area contributed by atoms with Crippen molar-refractivity contribution in [3.05, 3.63) is 70.0 Å². The molecule has 1 saturated heterocycles. The molecule has 0 N–H and O–H groups in total. The number of hydrogen-bond acceptors (Lipinski definition) is 4. The number of benzene rings is 2. The van der Waals surface area contributed by atoms with Gasteiger partial charge < -0.3 is 9.42 Å². The summed E-state index contributed by atoms with van der Waals surface area (Å²) in [5.74, 6) is 0.804. The summed E-state index contributed by atoms with van der Waals surface area (Å²) in [5, 5.41) is 4.89. The highest BCUT2D eigenvalue weighted by atomic mass is 35.5. The second kappa shape index (κ2) is 7.09. The van der Waals surface area contributed by atoms with E-state index in [1.165, 1.54) is 0 Å². The second-order valence-electron chi connectivity index (χ2n) is 6.10. The van der Waals surface area contributed by atoms with Gasteiger partial charge in [-0.05, 0) is 31.0 Å². The minimum absolute atomic E-state index is 0.159. The van der Waals surface area contributed by atoms with E-state index in [4.69, 9.17) is 27.7 Å². The molecule has 0 aliphatic carbocycles. The Kier molecular flexibility index (Phi) is 4.66. The maximum Gasteiger partial charge on any atom is 0.256 e. The highest BCUT2D eigenvalue weighted by Crippen LogP contribution is 2.34. The van der Waals surface area contributed by atoms with Crippen molar-refractivity contribution in [1.29, 1.82) is 0 Å². The van der Waals surface area contributed by atoms with Crippen LogP contribution in [0.3, 0.4) is 0 Å². The third kappa shape index (κ3) is 3.20. The summed E-state index contributed by atoms with van der Waals surface area (Å²) in [6.45, 7) is 0.617. The topological polar surface area (TPSA) is 59.2 Å². The van der Waals surface area contributed by atoms with Crippen LogP contribution in [-0.2, 0) is 0 Å². The van der Waals surface area contributed by atoms with Crippen LogP contribution in [0.1, 0.15) is 35.1 Å². The van der Waals surface area contributed by atoms with Crippen molar-refractivity contribution in [3.8, 4) is 11.4 Å². The number of halogens is 2. The molecule has 132 valence electrons. The molecule has 1 unspecified atom stereocenters. The van der Waals surface area contributed by atoms with Gasteiger partial charge >= 0.3 is 0 Å². The zero-order valence-corrected chi connectivity index (χ0v) is 15.2. The first kappa shape index (κ1) is 17.1. The maximum atomic E-state index is 12.9. The molecule has 1 aliphatic rings. The molecular weight excluding hydrogens is 373 g/mol. The molecule has 5 nitrogen and oxygen atoms in total. The third-order valence-corrected chi connectivity index (χ3v) is 4.98. The van der Waals surface area contributed by atoms with Crippen LogP contribution < -0.4 is 0 Å². The molecule has 1 aliphatic heterocycles. The molecule has 2 aromatic carbocycles. The van der Waals surface area contributed by atoms with Crippen molar-refractivity contribution in [3.63, 3.8) is 0 Å². The molecular formula is C19H15Cl2N3O2. The predicted molar refractivity (Wildman–Crippen MR) is 99.2 cm³/mol. The third-order valence-electron chi connectivity index (χ3n) is 4.43. The summed E-state index contributed by atoms with van der Waals surface area (Å²) in [7, 11) is 0. The van der Waals surface area contributed by atoms with Crippen LogP contribution in [0, 0.1) is 0 Å². The number of carbonyl (C=O) groups excluding carboxylic acids is 1. The van der Waals surface area contributed by atoms with Gasteiger partial charge in [0.2, 0.25) is 11.7 Å². The van der Waals surface area contributed by atoms with E-state index in [2.05, 4.69) is 10.1 Å². The summed E-state index contributed by atoms with van der Waals surface area (Å²) in [5.41, 5.74) is 1.30. The fourth-order valence-corrected chi connectivity index (χ4v) is 3.65. The normalized spacial score (nSPS) is 16.8. The van der Waals surface area contributed by atoms with Gasteiger partial charge in [-0.15, -0.1) is 0 Å². The van der Waals surface area contributed by atoms with E-state index in [0.717, 1.165) is 18.4 Å². The Labute approximate surface area is 160 Å². The van der Waals surface area contributed by atoms with Crippen molar-refractivity contribution in [1.82, 2.24) is 15.0 Å². The monoisotopic (exact) mass is 387 g/mol. The number of amides is 1. The van der Waals surface area contributed by atoms with Crippen LogP contribution >= 0.6 is 23.2 Å². The number of carbonyl (C=O) groups is 1. The Morgan fingerprint density at radius 2 is 1.96 bits per heavy atom. The fraction of sp³-hybridized carbons (Fsp3) is 0.211. The summed E-state index contributed by atoms with van der Waals surface area (Å²) in [6, 6.07) is 14.2. The van der Waals surface area contributed by atoms with Gasteiger partial charge in [0.25, 0.3) is 5.91 Å². The number of hydrogen-bond donors (Lipinski definition) is 0. The Bertz CT molecular complexity index is 943. The number of aromatic nitrogens is 2. The molecule has 4 rings (SSSR count). The highest BCUT2D eigenvalue weighted by molar-refractivity contribution is 6.36. The molecule has 0 saturated carbocycles. The van der Waals surface area contributed by atoms with Crippen molar-refractivity contribution < 1.29 is 9.32 Å². The lowest BCUT2D eigenvalue weighted by atomic mass is 10.1. The summed E-state index contributed by atoms with van der Waals surface area (Å²) in [6.07, 6.45) is 1.64. The summed E-state index contributed by atoms with van der Waals surface area (Å²) in [4.78, 5) is 19.2. The van der Waals surface area contributed by atoms with Crippen molar-refractivity contribution in [2.24, 2.45) is 0 Å². The quantitative estimate of drug-likeness (QED) is 0.632. The van der Waals surface area contributed by atoms with Crippen LogP contribution in [0.5, 0.6) is 0 Å². The number of rotatable bonds is 3. The fourth-order valence-electron chi connectivity index (χ4n) is 3.16. The summed E-state index contributed by atoms with van der Waals surface area (Å²) < 4.78 is 5.46. The highest BCUT2D eigenvalue weighted by Gasteiger charge is 2.35. The average molecular weight is 388 g/mol. The first-order valence-electron chi connectivity index (χ1n) is 8.28. The lowest BCUT2D eigenvalue weighted by Crippen LogP contribution is -2.31. The van der Waals surface area contributed by atoms with Crippen LogP contribution in [0.15, 0.2) is 53.1 Å². The number of likely N-dealkylation sites (tertiary alicyclic amines) is 1. The van der Waals surface area contributed by atoms with Crippen molar-refractivity contribution >= 4 is 29.1 Å². The van der Waals surface area contributed by atoms with Crippen LogP contribution in [0.25, 0.3) is 11.4 Å². The van der Waals surface area contributed by atoms with E-state index < -0.39 is 0 Å². The van der Waals surface area contributed by atoms with Gasteiger partial charge in [0, 0.05) is 17.1 Å². The van der Waals surface area contributed by atoms with E-state index in [9.17, 15) is 4.79 Å². The SMILES string of the molecule is O=C(c1ccc(Cl)cc1Cl)N1CCCC1c1nc(-c2ccccc2)no1. The Hall–Kier alpha value is -2.37. The zero-order valence-electron chi connectivity index (χ0n) is 13.7. The van der Waals surface area contributed by atoms with Crippen LogP contribution in [0.2, 0.25) is 10.0 Å². The molecule has 3 aromatic rings. The van der Waals surface area contributed by atoms with E-state index in [0.29, 0.717) is 33.9 Å². The molecule has 0 bridgehead atoms. The standard InChI is InChI=1S/C19H15Cl2N3O2/c20-13-8-9-14(15(21)11-13)19(25)24-10-4-7-16(24)18-22-17(23-26-18)12-5-2-1-3-6-12/h1-3,5-6,8-9,11,16H,4,7,10H2. The molecule has 1 aromatic heterocycles. The second-order valence-corrected chi connectivity index (χ2v) is 6.95. The molecule has 1 amide bonds. The Morgan fingerprint density at radius 3 is 2.73 bits per heavy atom. The summed E-state index contributed by atoms with van der Waals surface area (Å²) >= 11 is 12.1. The van der Waals surface area contributed by atoms with Gasteiger partial charge in [0.1, 0.15) is 6.04 Å². The zero-order chi connectivity index (χ0) is 18.1. The van der Waals surface area contributed by atoms with Gasteiger partial charge in [-0.1, -0.05) is 58.7 Å². The molecule has 0 spiro atoms. The van der Waals surface area contributed by atoms with Gasteiger partial charge in [-0.3, -0.25) is 4.79 Å². The lowest BCUT2D eigenvalue weighted by Gasteiger charge is -2.22. The molecule has 0 radical (unpaired) electrons. The van der Waals surface area contributed by atoms with Gasteiger partial charge in [-0.2, -0.15) is 4.98 Å². The lowest BCUT2D eigenvalue weighted by molar-refractivity contribution is 0.0710.